The zero-order valence-electron chi connectivity index (χ0n) is 21.0. The molecule has 0 unspecified atom stereocenters. The van der Waals surface area contributed by atoms with Crippen molar-refractivity contribution in [3.8, 4) is 0 Å². The van der Waals surface area contributed by atoms with Gasteiger partial charge in [0, 0.05) is 13.5 Å². The van der Waals surface area contributed by atoms with Crippen LogP contribution in [0, 0.1) is 0 Å². The molecule has 35 heavy (non-hydrogen) atoms. The van der Waals surface area contributed by atoms with E-state index >= 15 is 0 Å². The fourth-order valence-electron chi connectivity index (χ4n) is 4.56. The van der Waals surface area contributed by atoms with Gasteiger partial charge in [-0.25, -0.2) is 6.07 Å². The molecule has 0 aliphatic rings. The van der Waals surface area contributed by atoms with Crippen LogP contribution in [0.15, 0.2) is 109 Å². The van der Waals surface area contributed by atoms with Crippen molar-refractivity contribution in [1.29, 1.82) is 0 Å². The van der Waals surface area contributed by atoms with E-state index < -0.39 is 8.07 Å². The largest absolute Gasteiger partial charge is 4.00 e. The molecule has 0 bridgehead atoms. The van der Waals surface area contributed by atoms with E-state index in [9.17, 15) is 0 Å². The van der Waals surface area contributed by atoms with Crippen molar-refractivity contribution in [2.45, 2.75) is 44.3 Å². The minimum absolute atomic E-state index is 0. The molecule has 4 aromatic rings. The zero-order chi connectivity index (χ0) is 22.1. The summed E-state index contributed by atoms with van der Waals surface area (Å²) in [7, 11) is -1.64. The molecule has 0 heterocycles. The van der Waals surface area contributed by atoms with Crippen LogP contribution in [0.1, 0.15) is 43.0 Å². The molecule has 0 radical (unpaired) electrons. The summed E-state index contributed by atoms with van der Waals surface area (Å²) in [6.07, 6.45) is 0. The van der Waals surface area contributed by atoms with Gasteiger partial charge in [-0.3, -0.25) is 0 Å². The van der Waals surface area contributed by atoms with E-state index in [2.05, 4.69) is 143 Å². The molecule has 0 aliphatic heterocycles. The Hall–Kier alpha value is -1.19. The van der Waals surface area contributed by atoms with Crippen molar-refractivity contribution in [1.82, 2.24) is 0 Å². The number of hydrogen-bond acceptors (Lipinski definition) is 0. The summed E-state index contributed by atoms with van der Waals surface area (Å²) < 4.78 is 0. The fraction of sp³-hybridized carbons (Fsp3) is 0.233. The van der Waals surface area contributed by atoms with Crippen molar-refractivity contribution in [2.24, 2.45) is 0 Å². The van der Waals surface area contributed by atoms with Crippen molar-refractivity contribution >= 4 is 13.3 Å². The van der Waals surface area contributed by atoms with Gasteiger partial charge in [-0.15, -0.1) is 0 Å². The van der Waals surface area contributed by atoms with Gasteiger partial charge in [-0.1, -0.05) is 125 Å². The minimum atomic E-state index is -1.64. The van der Waals surface area contributed by atoms with Gasteiger partial charge in [0.2, 0.25) is 0 Å². The predicted octanol–water partition coefficient (Wildman–Crippen LogP) is -1.49. The number of hydrogen-bond donors (Lipinski definition) is 0. The second-order valence-electron chi connectivity index (χ2n) is 10.1. The van der Waals surface area contributed by atoms with E-state index in [0.29, 0.717) is 5.04 Å². The molecule has 0 fully saturated rings. The Bertz CT molecular complexity index is 1040. The standard InChI is InChI=1S/C30H33Si.3ClH.Ti/c1-29(2,3)31(4,5)28-22-21-27(23-28)30(24-15-9-6-10-16-24,25-17-11-7-12-18-25)26-19-13-8-14-20-26;;;;/h6-23H,1-5H3;3*1H;/q-1;;;;+4/p-3. The van der Waals surface area contributed by atoms with Crippen molar-refractivity contribution < 1.29 is 58.9 Å². The molecule has 0 aromatic heterocycles. The van der Waals surface area contributed by atoms with E-state index in [0.717, 1.165) is 0 Å². The maximum absolute atomic E-state index is 2.50. The molecule has 0 saturated carbocycles. The van der Waals surface area contributed by atoms with Crippen LogP contribution in [-0.4, -0.2) is 8.07 Å². The third-order valence-corrected chi connectivity index (χ3v) is 12.9. The van der Waals surface area contributed by atoms with E-state index in [1.54, 1.807) is 0 Å². The quantitative estimate of drug-likeness (QED) is 0.155. The Morgan fingerprint density at radius 3 is 1.20 bits per heavy atom. The average molecular weight is 576 g/mol. The molecule has 0 N–H and O–H groups in total. The molecule has 0 saturated heterocycles. The third kappa shape index (κ3) is 6.21. The molecule has 4 rings (SSSR count). The van der Waals surface area contributed by atoms with E-state index in [1.807, 2.05) is 0 Å². The maximum Gasteiger partial charge on any atom is 4.00 e. The first kappa shape index (κ1) is 33.8. The SMILES string of the molecule is CC(C)(C)[Si](C)(C)[c-]1ccc(C(c2ccccc2)(c2ccccc2)c2ccccc2)c1.[Cl-].[Cl-].[Cl-].[Ti+4]. The van der Waals surface area contributed by atoms with Crippen molar-refractivity contribution in [3.63, 3.8) is 0 Å². The topological polar surface area (TPSA) is 0 Å². The zero-order valence-corrected chi connectivity index (χ0v) is 25.9. The molecule has 5 heteroatoms. The molecule has 0 nitrogen and oxygen atoms in total. The summed E-state index contributed by atoms with van der Waals surface area (Å²) in [4.78, 5) is 0. The summed E-state index contributed by atoms with van der Waals surface area (Å²) in [6.45, 7) is 12.2. The number of benzene rings is 3. The molecule has 182 valence electrons. The van der Waals surface area contributed by atoms with Crippen LogP contribution in [0.5, 0.6) is 0 Å². The Balaban J connectivity index is 0.00000289. The van der Waals surface area contributed by atoms with E-state index in [4.69, 9.17) is 0 Å². The van der Waals surface area contributed by atoms with Crippen LogP contribution in [-0.2, 0) is 27.1 Å². The van der Waals surface area contributed by atoms with Crippen LogP contribution >= 0.6 is 0 Å². The van der Waals surface area contributed by atoms with E-state index in [-0.39, 0.29) is 64.4 Å². The Labute approximate surface area is 246 Å². The van der Waals surface area contributed by atoms with E-state index in [1.165, 1.54) is 27.4 Å². The monoisotopic (exact) mass is 574 g/mol. The number of rotatable bonds is 5. The van der Waals surface area contributed by atoms with Gasteiger partial charge >= 0.3 is 21.7 Å². The van der Waals surface area contributed by atoms with Crippen LogP contribution in [0.3, 0.4) is 0 Å². The number of halogens is 3. The average Bonchev–Trinajstić information content (AvgIpc) is 3.27. The van der Waals surface area contributed by atoms with Crippen LogP contribution < -0.4 is 42.4 Å². The molecule has 0 spiro atoms. The Morgan fingerprint density at radius 2 is 0.886 bits per heavy atom. The normalized spacial score (nSPS) is 11.2. The van der Waals surface area contributed by atoms with Gasteiger partial charge in [0.1, 0.15) is 0 Å². The van der Waals surface area contributed by atoms with Crippen LogP contribution in [0.4, 0.5) is 0 Å². The summed E-state index contributed by atoms with van der Waals surface area (Å²) in [5.74, 6) is 0. The second kappa shape index (κ2) is 13.4. The van der Waals surface area contributed by atoms with Gasteiger partial charge < -0.3 is 37.2 Å². The first-order valence-electron chi connectivity index (χ1n) is 11.2. The van der Waals surface area contributed by atoms with Gasteiger partial charge in [0.15, 0.2) is 0 Å². The van der Waals surface area contributed by atoms with Crippen molar-refractivity contribution in [3.05, 3.63) is 131 Å². The molecule has 0 aliphatic carbocycles. The maximum atomic E-state index is 2.50. The summed E-state index contributed by atoms with van der Waals surface area (Å²) in [5, 5.41) is 1.83. The third-order valence-electron chi connectivity index (χ3n) is 7.40. The Morgan fingerprint density at radius 1 is 0.543 bits per heavy atom. The van der Waals surface area contributed by atoms with Crippen LogP contribution in [0.25, 0.3) is 0 Å². The van der Waals surface area contributed by atoms with Gasteiger partial charge in [-0.2, -0.15) is 22.9 Å². The van der Waals surface area contributed by atoms with Crippen LogP contribution in [0.2, 0.25) is 18.1 Å². The van der Waals surface area contributed by atoms with Gasteiger partial charge in [0.25, 0.3) is 0 Å². The van der Waals surface area contributed by atoms with Gasteiger partial charge in [0.05, 0.1) is 0 Å². The predicted molar refractivity (Wildman–Crippen MR) is 137 cm³/mol. The first-order valence-corrected chi connectivity index (χ1v) is 14.2. The molecular formula is C30H33Cl3SiTi. The summed E-state index contributed by atoms with van der Waals surface area (Å²) in [6, 6.07) is 40.2. The summed E-state index contributed by atoms with van der Waals surface area (Å²) >= 11 is 0. The molecule has 4 aromatic carbocycles. The molecular weight excluding hydrogens is 543 g/mol. The minimum Gasteiger partial charge on any atom is -1.00 e. The molecule has 0 amide bonds. The fourth-order valence-corrected chi connectivity index (χ4v) is 6.45. The summed E-state index contributed by atoms with van der Waals surface area (Å²) in [5.41, 5.74) is 4.93. The Kier molecular flexibility index (Phi) is 12.9. The van der Waals surface area contributed by atoms with Crippen molar-refractivity contribution in [2.75, 3.05) is 0 Å². The van der Waals surface area contributed by atoms with Gasteiger partial charge in [-0.05, 0) is 21.7 Å². The second-order valence-corrected chi connectivity index (χ2v) is 15.4. The first-order chi connectivity index (χ1) is 14.8. The molecule has 0 atom stereocenters. The smallest absolute Gasteiger partial charge is 1.00 e.